The van der Waals surface area contributed by atoms with E-state index in [9.17, 15) is 13.2 Å². The third-order valence-electron chi connectivity index (χ3n) is 6.36. The van der Waals surface area contributed by atoms with Crippen LogP contribution in [0.15, 0.2) is 47.4 Å². The maximum absolute atomic E-state index is 13.4. The van der Waals surface area contributed by atoms with E-state index >= 15 is 0 Å². The van der Waals surface area contributed by atoms with Crippen LogP contribution in [0.3, 0.4) is 0 Å². The summed E-state index contributed by atoms with van der Waals surface area (Å²) in [7, 11) is -1.97. The lowest BCUT2D eigenvalue weighted by Crippen LogP contribution is -2.36. The van der Waals surface area contributed by atoms with Crippen molar-refractivity contribution in [3.8, 4) is 5.75 Å². The van der Waals surface area contributed by atoms with Crippen LogP contribution in [0.4, 0.5) is 0 Å². The summed E-state index contributed by atoms with van der Waals surface area (Å²) in [6.45, 7) is 3.54. The molecule has 2 aliphatic rings. The molecule has 2 saturated heterocycles. The monoisotopic (exact) mass is 442 g/mol. The highest BCUT2D eigenvalue weighted by atomic mass is 32.2. The Kier molecular flexibility index (Phi) is 6.34. The molecule has 31 heavy (non-hydrogen) atoms. The first-order valence-electron chi connectivity index (χ1n) is 11.0. The Hall–Kier alpha value is -2.38. The predicted molar refractivity (Wildman–Crippen MR) is 120 cm³/mol. The lowest BCUT2D eigenvalue weighted by molar-refractivity contribution is 0.0735. The summed E-state index contributed by atoms with van der Waals surface area (Å²) < 4.78 is 33.4. The first kappa shape index (κ1) is 21.8. The topological polar surface area (TPSA) is 66.9 Å². The zero-order chi connectivity index (χ0) is 22.0. The van der Waals surface area contributed by atoms with Gasteiger partial charge >= 0.3 is 0 Å². The van der Waals surface area contributed by atoms with Gasteiger partial charge in [0.1, 0.15) is 5.75 Å². The maximum atomic E-state index is 13.4. The van der Waals surface area contributed by atoms with Gasteiger partial charge in [0.25, 0.3) is 5.91 Å². The van der Waals surface area contributed by atoms with E-state index in [0.29, 0.717) is 30.8 Å². The Bertz CT molecular complexity index is 1060. The maximum Gasteiger partial charge on any atom is 0.254 e. The molecule has 2 aromatic carbocycles. The smallest absolute Gasteiger partial charge is 0.254 e. The number of methoxy groups -OCH3 is 1. The van der Waals surface area contributed by atoms with Gasteiger partial charge in [-0.25, -0.2) is 8.42 Å². The quantitative estimate of drug-likeness (QED) is 0.698. The van der Waals surface area contributed by atoms with Crippen molar-refractivity contribution in [1.29, 1.82) is 0 Å². The van der Waals surface area contributed by atoms with Gasteiger partial charge in [0.15, 0.2) is 0 Å². The second-order valence-electron chi connectivity index (χ2n) is 8.38. The van der Waals surface area contributed by atoms with Crippen LogP contribution < -0.4 is 4.74 Å². The highest BCUT2D eigenvalue weighted by Gasteiger charge is 2.33. The summed E-state index contributed by atoms with van der Waals surface area (Å²) in [5.41, 5.74) is 2.14. The van der Waals surface area contributed by atoms with Gasteiger partial charge in [-0.2, -0.15) is 4.31 Å². The Labute approximate surface area is 184 Å². The van der Waals surface area contributed by atoms with Gasteiger partial charge in [0.2, 0.25) is 10.0 Å². The molecule has 2 aliphatic heterocycles. The molecule has 1 amide bonds. The average Bonchev–Trinajstić information content (AvgIpc) is 3.29. The molecule has 0 radical (unpaired) electrons. The largest absolute Gasteiger partial charge is 0.497 e. The number of piperidine rings is 1. The minimum absolute atomic E-state index is 0.0361. The van der Waals surface area contributed by atoms with Crippen molar-refractivity contribution < 1.29 is 17.9 Å². The number of carbonyl (C=O) groups is 1. The molecule has 4 rings (SSSR count). The number of carbonyl (C=O) groups excluding carboxylic acids is 1. The molecule has 0 saturated carbocycles. The van der Waals surface area contributed by atoms with Gasteiger partial charge < -0.3 is 9.64 Å². The van der Waals surface area contributed by atoms with E-state index in [4.69, 9.17) is 4.74 Å². The Morgan fingerprint density at radius 1 is 1.00 bits per heavy atom. The first-order chi connectivity index (χ1) is 14.9. The van der Waals surface area contributed by atoms with Gasteiger partial charge in [-0.1, -0.05) is 24.6 Å². The van der Waals surface area contributed by atoms with Gasteiger partial charge in [0, 0.05) is 25.2 Å². The van der Waals surface area contributed by atoms with Crippen LogP contribution in [-0.4, -0.2) is 50.3 Å². The minimum atomic E-state index is -3.60. The van der Waals surface area contributed by atoms with Crippen molar-refractivity contribution >= 4 is 15.9 Å². The molecule has 2 heterocycles. The number of ether oxygens (including phenoxy) is 1. The number of likely N-dealkylation sites (tertiary alicyclic amines) is 1. The van der Waals surface area contributed by atoms with E-state index in [1.807, 2.05) is 29.2 Å². The Morgan fingerprint density at radius 3 is 2.52 bits per heavy atom. The fourth-order valence-corrected chi connectivity index (χ4v) is 6.39. The van der Waals surface area contributed by atoms with Crippen LogP contribution in [0.5, 0.6) is 5.75 Å². The third-order valence-corrected chi connectivity index (χ3v) is 8.40. The van der Waals surface area contributed by atoms with E-state index in [1.54, 1.807) is 36.5 Å². The average molecular weight is 443 g/mol. The molecule has 0 aliphatic carbocycles. The normalized spacial score (nSPS) is 20.1. The van der Waals surface area contributed by atoms with Crippen LogP contribution in [0.2, 0.25) is 0 Å². The molecule has 1 unspecified atom stereocenters. The molecule has 2 fully saturated rings. The van der Waals surface area contributed by atoms with Crippen molar-refractivity contribution in [2.24, 2.45) is 0 Å². The van der Waals surface area contributed by atoms with E-state index in [0.717, 1.165) is 43.4 Å². The van der Waals surface area contributed by atoms with Crippen LogP contribution >= 0.6 is 0 Å². The number of aryl methyl sites for hydroxylation is 1. The van der Waals surface area contributed by atoms with E-state index in [-0.39, 0.29) is 16.8 Å². The van der Waals surface area contributed by atoms with Crippen LogP contribution in [0.25, 0.3) is 0 Å². The first-order valence-corrected chi connectivity index (χ1v) is 12.4. The molecule has 1 atom stereocenters. The van der Waals surface area contributed by atoms with Crippen LogP contribution in [0, 0.1) is 6.92 Å². The molecule has 166 valence electrons. The molecule has 0 N–H and O–H groups in total. The molecule has 0 bridgehead atoms. The van der Waals surface area contributed by atoms with Crippen molar-refractivity contribution in [2.75, 3.05) is 26.7 Å². The summed E-state index contributed by atoms with van der Waals surface area (Å²) in [6.07, 6.45) is 4.62. The predicted octanol–water partition coefficient (Wildman–Crippen LogP) is 4.16. The zero-order valence-corrected chi connectivity index (χ0v) is 19.0. The minimum Gasteiger partial charge on any atom is -0.497 e. The summed E-state index contributed by atoms with van der Waals surface area (Å²) in [4.78, 5) is 15.5. The number of benzene rings is 2. The van der Waals surface area contributed by atoms with Crippen molar-refractivity contribution in [2.45, 2.75) is 50.0 Å². The lowest BCUT2D eigenvalue weighted by Gasteiger charge is -2.28. The SMILES string of the molecule is COc1cccc(C2CCCN2C(=O)c2ccc(C)c(S(=O)(=O)N3CCCCC3)c2)c1. The van der Waals surface area contributed by atoms with Crippen molar-refractivity contribution in [1.82, 2.24) is 9.21 Å². The molecule has 0 spiro atoms. The molecule has 0 aromatic heterocycles. The van der Waals surface area contributed by atoms with Crippen LogP contribution in [0.1, 0.15) is 59.6 Å². The number of hydrogen-bond donors (Lipinski definition) is 0. The molecule has 2 aromatic rings. The third kappa shape index (κ3) is 4.34. The van der Waals surface area contributed by atoms with Gasteiger partial charge in [-0.3, -0.25) is 4.79 Å². The lowest BCUT2D eigenvalue weighted by atomic mass is 10.0. The second-order valence-corrected chi connectivity index (χ2v) is 10.3. The van der Waals surface area contributed by atoms with E-state index in [1.165, 1.54) is 0 Å². The molecular formula is C24H30N2O4S. The number of nitrogens with zero attached hydrogens (tertiary/aromatic N) is 2. The van der Waals surface area contributed by atoms with Gasteiger partial charge in [-0.15, -0.1) is 0 Å². The number of sulfonamides is 1. The standard InChI is InChI=1S/C24H30N2O4S/c1-18-11-12-20(17-23(18)31(28,29)25-13-4-3-5-14-25)24(27)26-15-7-10-22(26)19-8-6-9-21(16-19)30-2/h6,8-9,11-12,16-17,22H,3-5,7,10,13-15H2,1-2H3. The second kappa shape index (κ2) is 9.01. The Balaban J connectivity index is 1.63. The fraction of sp³-hybridized carbons (Fsp3) is 0.458. The van der Waals surface area contributed by atoms with Gasteiger partial charge in [-0.05, 0) is 68.0 Å². The van der Waals surface area contributed by atoms with Crippen molar-refractivity contribution in [3.63, 3.8) is 0 Å². The number of hydrogen-bond acceptors (Lipinski definition) is 4. The van der Waals surface area contributed by atoms with Crippen LogP contribution in [-0.2, 0) is 10.0 Å². The molecular weight excluding hydrogens is 412 g/mol. The summed E-state index contributed by atoms with van der Waals surface area (Å²) in [5.74, 6) is 0.641. The number of amides is 1. The highest BCUT2D eigenvalue weighted by Crippen LogP contribution is 2.35. The number of rotatable bonds is 5. The Morgan fingerprint density at radius 2 is 1.77 bits per heavy atom. The highest BCUT2D eigenvalue weighted by molar-refractivity contribution is 7.89. The van der Waals surface area contributed by atoms with Gasteiger partial charge in [0.05, 0.1) is 18.0 Å². The van der Waals surface area contributed by atoms with Crippen molar-refractivity contribution in [3.05, 3.63) is 59.2 Å². The zero-order valence-electron chi connectivity index (χ0n) is 18.2. The van der Waals surface area contributed by atoms with E-state index in [2.05, 4.69) is 0 Å². The molecule has 7 heteroatoms. The fourth-order valence-electron chi connectivity index (χ4n) is 4.63. The summed E-state index contributed by atoms with van der Waals surface area (Å²) >= 11 is 0. The van der Waals surface area contributed by atoms with E-state index < -0.39 is 10.0 Å². The molecule has 6 nitrogen and oxygen atoms in total. The summed E-state index contributed by atoms with van der Waals surface area (Å²) in [6, 6.07) is 12.8. The summed E-state index contributed by atoms with van der Waals surface area (Å²) in [5, 5.41) is 0.